The Morgan fingerprint density at radius 2 is 1.74 bits per heavy atom. The number of carbonyl (C=O) groups is 1. The molecule has 114 valence electrons. The van der Waals surface area contributed by atoms with E-state index in [2.05, 4.69) is 36.3 Å². The zero-order valence-corrected chi connectivity index (χ0v) is 13.2. The van der Waals surface area contributed by atoms with E-state index < -0.39 is 0 Å². The van der Waals surface area contributed by atoms with Gasteiger partial charge in [-0.05, 0) is 48.7 Å². The maximum Gasteiger partial charge on any atom is 0.255 e. The van der Waals surface area contributed by atoms with Crippen LogP contribution in [-0.4, -0.2) is 10.9 Å². The van der Waals surface area contributed by atoms with Gasteiger partial charge in [0, 0.05) is 17.3 Å². The van der Waals surface area contributed by atoms with Crippen molar-refractivity contribution in [3.8, 4) is 11.1 Å². The number of carbonyl (C=O) groups excluding carboxylic acids is 1. The molecule has 0 atom stereocenters. The Morgan fingerprint density at radius 3 is 2.52 bits per heavy atom. The lowest BCUT2D eigenvalue weighted by atomic mass is 9.98. The summed E-state index contributed by atoms with van der Waals surface area (Å²) in [5.41, 5.74) is 5.91. The van der Waals surface area contributed by atoms with Crippen molar-refractivity contribution >= 4 is 11.6 Å². The number of hydrogen-bond donors (Lipinski definition) is 1. The highest BCUT2D eigenvalue weighted by Gasteiger charge is 2.08. The molecule has 0 aliphatic carbocycles. The van der Waals surface area contributed by atoms with Crippen LogP contribution in [0.25, 0.3) is 11.1 Å². The van der Waals surface area contributed by atoms with Gasteiger partial charge in [0.2, 0.25) is 0 Å². The largest absolute Gasteiger partial charge is 0.321 e. The quantitative estimate of drug-likeness (QED) is 0.767. The highest BCUT2D eigenvalue weighted by atomic mass is 16.1. The maximum atomic E-state index is 12.2. The van der Waals surface area contributed by atoms with Crippen LogP contribution in [0.5, 0.6) is 0 Å². The minimum absolute atomic E-state index is 0.134. The van der Waals surface area contributed by atoms with E-state index in [1.807, 2.05) is 36.5 Å². The third kappa shape index (κ3) is 3.29. The maximum absolute atomic E-state index is 12.2. The van der Waals surface area contributed by atoms with Gasteiger partial charge in [-0.3, -0.25) is 9.78 Å². The molecule has 2 aromatic carbocycles. The Labute approximate surface area is 136 Å². The van der Waals surface area contributed by atoms with E-state index in [1.54, 1.807) is 18.3 Å². The summed E-state index contributed by atoms with van der Waals surface area (Å²) in [7, 11) is 0. The smallest absolute Gasteiger partial charge is 0.255 e. The average Bonchev–Trinajstić information content (AvgIpc) is 2.58. The molecule has 3 aromatic rings. The molecule has 3 heteroatoms. The van der Waals surface area contributed by atoms with Crippen LogP contribution in [-0.2, 0) is 0 Å². The van der Waals surface area contributed by atoms with Gasteiger partial charge in [0.1, 0.15) is 0 Å². The van der Waals surface area contributed by atoms with E-state index in [0.29, 0.717) is 11.3 Å². The second-order valence-electron chi connectivity index (χ2n) is 5.53. The van der Waals surface area contributed by atoms with Crippen molar-refractivity contribution in [3.05, 3.63) is 83.7 Å². The van der Waals surface area contributed by atoms with Gasteiger partial charge >= 0.3 is 0 Å². The standard InChI is InChI=1S/C20H18N2O/c1-14-7-6-10-19(15(14)2)17-11-18(13-21-12-17)22-20(23)16-8-4-3-5-9-16/h3-13H,1-2H3,(H,22,23). The topological polar surface area (TPSA) is 42.0 Å². The number of aromatic nitrogens is 1. The van der Waals surface area contributed by atoms with Crippen LogP contribution in [0.1, 0.15) is 21.5 Å². The molecular formula is C20H18N2O. The van der Waals surface area contributed by atoms with Gasteiger partial charge in [0.25, 0.3) is 5.91 Å². The Morgan fingerprint density at radius 1 is 0.957 bits per heavy atom. The summed E-state index contributed by atoms with van der Waals surface area (Å²) in [6.45, 7) is 4.19. The monoisotopic (exact) mass is 302 g/mol. The van der Waals surface area contributed by atoms with Crippen molar-refractivity contribution < 1.29 is 4.79 Å². The molecule has 0 saturated heterocycles. The Balaban J connectivity index is 1.89. The van der Waals surface area contributed by atoms with E-state index in [0.717, 1.165) is 11.1 Å². The van der Waals surface area contributed by atoms with Crippen molar-refractivity contribution in [1.29, 1.82) is 0 Å². The number of nitrogens with zero attached hydrogens (tertiary/aromatic N) is 1. The molecule has 0 unspecified atom stereocenters. The van der Waals surface area contributed by atoms with E-state index in [9.17, 15) is 4.79 Å². The average molecular weight is 302 g/mol. The SMILES string of the molecule is Cc1cccc(-c2cncc(NC(=O)c3ccccc3)c2)c1C. The van der Waals surface area contributed by atoms with Crippen molar-refractivity contribution in [2.24, 2.45) is 0 Å². The predicted octanol–water partition coefficient (Wildman–Crippen LogP) is 4.62. The normalized spacial score (nSPS) is 10.3. The zero-order valence-electron chi connectivity index (χ0n) is 13.2. The number of benzene rings is 2. The van der Waals surface area contributed by atoms with E-state index >= 15 is 0 Å². The molecule has 0 fully saturated rings. The Hall–Kier alpha value is -2.94. The fraction of sp³-hybridized carbons (Fsp3) is 0.100. The predicted molar refractivity (Wildman–Crippen MR) is 93.5 cm³/mol. The van der Waals surface area contributed by atoms with Gasteiger partial charge in [0.05, 0.1) is 11.9 Å². The van der Waals surface area contributed by atoms with Gasteiger partial charge in [0.15, 0.2) is 0 Å². The van der Waals surface area contributed by atoms with Gasteiger partial charge < -0.3 is 5.32 Å². The zero-order chi connectivity index (χ0) is 16.2. The highest BCUT2D eigenvalue weighted by Crippen LogP contribution is 2.26. The summed E-state index contributed by atoms with van der Waals surface area (Å²) in [4.78, 5) is 16.5. The number of pyridine rings is 1. The molecule has 0 bridgehead atoms. The molecule has 3 rings (SSSR count). The molecule has 0 aliphatic rings. The van der Waals surface area contributed by atoms with Crippen LogP contribution >= 0.6 is 0 Å². The first-order valence-electron chi connectivity index (χ1n) is 7.53. The van der Waals surface area contributed by atoms with E-state index in [1.165, 1.54) is 11.1 Å². The molecule has 0 radical (unpaired) electrons. The Kier molecular flexibility index (Phi) is 4.20. The molecule has 1 heterocycles. The molecule has 1 N–H and O–H groups in total. The number of aryl methyl sites for hydroxylation is 1. The van der Waals surface area contributed by atoms with Gasteiger partial charge in [-0.15, -0.1) is 0 Å². The number of rotatable bonds is 3. The van der Waals surface area contributed by atoms with Crippen LogP contribution in [0.4, 0.5) is 5.69 Å². The summed E-state index contributed by atoms with van der Waals surface area (Å²) >= 11 is 0. The molecule has 0 aliphatic heterocycles. The summed E-state index contributed by atoms with van der Waals surface area (Å²) in [5.74, 6) is -0.134. The Bertz CT molecular complexity index is 841. The molecule has 0 spiro atoms. The molecular weight excluding hydrogens is 284 g/mol. The summed E-state index contributed by atoms with van der Waals surface area (Å²) in [6, 6.07) is 17.3. The van der Waals surface area contributed by atoms with E-state index in [4.69, 9.17) is 0 Å². The number of hydrogen-bond acceptors (Lipinski definition) is 2. The summed E-state index contributed by atoms with van der Waals surface area (Å²) in [6.07, 6.45) is 3.48. The highest BCUT2D eigenvalue weighted by molar-refractivity contribution is 6.04. The van der Waals surface area contributed by atoms with E-state index in [-0.39, 0.29) is 5.91 Å². The van der Waals surface area contributed by atoms with Crippen LogP contribution in [0.3, 0.4) is 0 Å². The number of nitrogens with one attached hydrogen (secondary N) is 1. The van der Waals surface area contributed by atoms with Gasteiger partial charge in [-0.25, -0.2) is 0 Å². The molecule has 0 saturated carbocycles. The third-order valence-corrected chi connectivity index (χ3v) is 3.95. The van der Waals surface area contributed by atoms with Crippen LogP contribution in [0.2, 0.25) is 0 Å². The second kappa shape index (κ2) is 6.44. The van der Waals surface area contributed by atoms with Gasteiger partial charge in [-0.1, -0.05) is 36.4 Å². The summed E-state index contributed by atoms with van der Waals surface area (Å²) < 4.78 is 0. The third-order valence-electron chi connectivity index (χ3n) is 3.95. The fourth-order valence-corrected chi connectivity index (χ4v) is 2.51. The van der Waals surface area contributed by atoms with Crippen LogP contribution in [0.15, 0.2) is 67.0 Å². The first-order chi connectivity index (χ1) is 11.1. The first kappa shape index (κ1) is 15.0. The summed E-state index contributed by atoms with van der Waals surface area (Å²) in [5, 5.41) is 2.90. The lowest BCUT2D eigenvalue weighted by Crippen LogP contribution is -2.11. The minimum atomic E-state index is -0.134. The molecule has 3 nitrogen and oxygen atoms in total. The van der Waals surface area contributed by atoms with Crippen LogP contribution in [0, 0.1) is 13.8 Å². The lowest BCUT2D eigenvalue weighted by Gasteiger charge is -2.10. The van der Waals surface area contributed by atoms with Crippen molar-refractivity contribution in [2.45, 2.75) is 13.8 Å². The second-order valence-corrected chi connectivity index (χ2v) is 5.53. The van der Waals surface area contributed by atoms with Crippen molar-refractivity contribution in [3.63, 3.8) is 0 Å². The van der Waals surface area contributed by atoms with Gasteiger partial charge in [-0.2, -0.15) is 0 Å². The molecule has 1 amide bonds. The number of anilines is 1. The fourth-order valence-electron chi connectivity index (χ4n) is 2.51. The lowest BCUT2D eigenvalue weighted by molar-refractivity contribution is 0.102. The van der Waals surface area contributed by atoms with Crippen molar-refractivity contribution in [2.75, 3.05) is 5.32 Å². The van der Waals surface area contributed by atoms with Crippen LogP contribution < -0.4 is 5.32 Å². The molecule has 1 aromatic heterocycles. The first-order valence-corrected chi connectivity index (χ1v) is 7.53. The molecule has 23 heavy (non-hydrogen) atoms. The minimum Gasteiger partial charge on any atom is -0.321 e. The van der Waals surface area contributed by atoms with Crippen molar-refractivity contribution in [1.82, 2.24) is 4.98 Å². The number of amides is 1.